The van der Waals surface area contributed by atoms with Gasteiger partial charge in [0, 0.05) is 18.2 Å². The first-order valence-electron chi connectivity index (χ1n) is 8.10. The van der Waals surface area contributed by atoms with Crippen LogP contribution in [0.15, 0.2) is 36.5 Å². The van der Waals surface area contributed by atoms with Crippen LogP contribution in [-0.4, -0.2) is 29.8 Å². The van der Waals surface area contributed by atoms with E-state index in [0.717, 1.165) is 0 Å². The van der Waals surface area contributed by atoms with E-state index in [0.29, 0.717) is 11.3 Å². The van der Waals surface area contributed by atoms with Crippen LogP contribution in [0.4, 0.5) is 19.3 Å². The monoisotopic (exact) mass is 361 g/mol. The van der Waals surface area contributed by atoms with Crippen LogP contribution in [0.3, 0.4) is 0 Å². The Kier molecular flexibility index (Phi) is 5.11. The summed E-state index contributed by atoms with van der Waals surface area (Å²) in [6.07, 6.45) is 0.243. The molecule has 1 aromatic heterocycles. The Morgan fingerprint density at radius 1 is 1.38 bits per heavy atom. The van der Waals surface area contributed by atoms with Gasteiger partial charge in [-0.05, 0) is 35.9 Å². The predicted molar refractivity (Wildman–Crippen MR) is 90.5 cm³/mol. The maximum absolute atomic E-state index is 14.6. The molecule has 1 aromatic carbocycles. The smallest absolute Gasteiger partial charge is 0.416 e. The number of nitrogens with zero attached hydrogens (tertiary/aromatic N) is 2. The molecule has 136 valence electrons. The quantitative estimate of drug-likeness (QED) is 0.888. The zero-order valence-electron chi connectivity index (χ0n) is 14.0. The third-order valence-electron chi connectivity index (χ3n) is 3.98. The summed E-state index contributed by atoms with van der Waals surface area (Å²) in [5.74, 6) is -0.806. The van der Waals surface area contributed by atoms with Gasteiger partial charge in [0.15, 0.2) is 6.23 Å². The molecule has 0 radical (unpaired) electrons. The fourth-order valence-electron chi connectivity index (χ4n) is 2.66. The number of benzene rings is 1. The minimum Gasteiger partial charge on any atom is -0.423 e. The molecule has 1 fully saturated rings. The number of pyridine rings is 1. The number of carbonyl (C=O) groups is 2. The van der Waals surface area contributed by atoms with Crippen molar-refractivity contribution in [2.45, 2.75) is 26.2 Å². The number of halogens is 2. The van der Waals surface area contributed by atoms with Crippen LogP contribution in [0.5, 0.6) is 0 Å². The molecule has 8 heteroatoms. The summed E-state index contributed by atoms with van der Waals surface area (Å²) in [6.45, 7) is 1.04. The number of carbonyl (C=O) groups excluding carboxylic acids is 2. The Balaban J connectivity index is 1.81. The zero-order chi connectivity index (χ0) is 18.7. The van der Waals surface area contributed by atoms with Crippen LogP contribution < -0.4 is 10.2 Å². The molecule has 26 heavy (non-hydrogen) atoms. The standard InChI is InChI=1S/C18H17F2N3O3/c1-2-16(24)22-17-10-23(18(25)26-17)13-3-4-14(15(20)8-13)11-5-6-21-12(7-11)9-19/h3-8,17H,2,9-10H2,1H3,(H,22,24). The van der Waals surface area contributed by atoms with Crippen LogP contribution in [-0.2, 0) is 16.2 Å². The second kappa shape index (κ2) is 7.47. The van der Waals surface area contributed by atoms with Gasteiger partial charge in [0.1, 0.15) is 12.5 Å². The first-order valence-corrected chi connectivity index (χ1v) is 8.10. The highest BCUT2D eigenvalue weighted by atomic mass is 19.1. The molecular formula is C18H17F2N3O3. The van der Waals surface area contributed by atoms with Crippen molar-refractivity contribution in [2.75, 3.05) is 11.4 Å². The third kappa shape index (κ3) is 3.63. The molecule has 6 nitrogen and oxygen atoms in total. The van der Waals surface area contributed by atoms with Gasteiger partial charge in [0.2, 0.25) is 5.91 Å². The molecule has 1 saturated heterocycles. The summed E-state index contributed by atoms with van der Waals surface area (Å²) in [4.78, 5) is 28.5. The lowest BCUT2D eigenvalue weighted by Gasteiger charge is -2.14. The molecule has 0 aliphatic carbocycles. The van der Waals surface area contributed by atoms with E-state index in [1.807, 2.05) is 0 Å². The average molecular weight is 361 g/mol. The van der Waals surface area contributed by atoms with Crippen molar-refractivity contribution in [1.82, 2.24) is 10.3 Å². The van der Waals surface area contributed by atoms with Crippen LogP contribution >= 0.6 is 0 Å². The molecule has 2 aromatic rings. The van der Waals surface area contributed by atoms with E-state index < -0.39 is 24.8 Å². The Labute approximate surface area is 148 Å². The Bertz CT molecular complexity index is 844. The fourth-order valence-corrected chi connectivity index (χ4v) is 2.66. The summed E-state index contributed by atoms with van der Waals surface area (Å²) in [5, 5.41) is 2.56. The van der Waals surface area contributed by atoms with Crippen LogP contribution in [0.25, 0.3) is 11.1 Å². The normalized spacial score (nSPS) is 16.5. The Morgan fingerprint density at radius 3 is 2.88 bits per heavy atom. The van der Waals surface area contributed by atoms with Crippen LogP contribution in [0.1, 0.15) is 19.0 Å². The van der Waals surface area contributed by atoms with Gasteiger partial charge in [0.25, 0.3) is 0 Å². The first-order chi connectivity index (χ1) is 12.5. The SMILES string of the molecule is CCC(=O)NC1CN(c2ccc(-c3ccnc(CF)c3)c(F)c2)C(=O)O1. The maximum atomic E-state index is 14.6. The first kappa shape index (κ1) is 17.8. The maximum Gasteiger partial charge on any atom is 0.416 e. The van der Waals surface area contributed by atoms with E-state index >= 15 is 0 Å². The second-order valence-electron chi connectivity index (χ2n) is 5.74. The lowest BCUT2D eigenvalue weighted by Crippen LogP contribution is -2.37. The number of hydrogen-bond acceptors (Lipinski definition) is 4. The number of aromatic nitrogens is 1. The summed E-state index contributed by atoms with van der Waals surface area (Å²) >= 11 is 0. The predicted octanol–water partition coefficient (Wildman–Crippen LogP) is 3.17. The van der Waals surface area contributed by atoms with Gasteiger partial charge in [-0.3, -0.25) is 14.7 Å². The molecule has 1 unspecified atom stereocenters. The number of rotatable bonds is 5. The van der Waals surface area contributed by atoms with Crippen LogP contribution in [0.2, 0.25) is 0 Å². The molecular weight excluding hydrogens is 344 g/mol. The molecule has 2 heterocycles. The number of nitrogens with one attached hydrogen (secondary N) is 1. The highest BCUT2D eigenvalue weighted by Gasteiger charge is 2.33. The van der Waals surface area contributed by atoms with Gasteiger partial charge in [-0.1, -0.05) is 6.92 Å². The van der Waals surface area contributed by atoms with Gasteiger partial charge in [0.05, 0.1) is 17.9 Å². The zero-order valence-corrected chi connectivity index (χ0v) is 14.0. The molecule has 3 rings (SSSR count). The largest absolute Gasteiger partial charge is 0.423 e. The topological polar surface area (TPSA) is 71.5 Å². The number of cyclic esters (lactones) is 1. The van der Waals surface area contributed by atoms with Crippen molar-refractivity contribution >= 4 is 17.7 Å². The number of alkyl halides is 1. The van der Waals surface area contributed by atoms with Gasteiger partial charge in [-0.2, -0.15) is 0 Å². The van der Waals surface area contributed by atoms with Gasteiger partial charge in [-0.15, -0.1) is 0 Å². The van der Waals surface area contributed by atoms with Gasteiger partial charge in [-0.25, -0.2) is 13.6 Å². The van der Waals surface area contributed by atoms with Crippen molar-refractivity contribution in [3.05, 3.63) is 48.0 Å². The third-order valence-corrected chi connectivity index (χ3v) is 3.98. The van der Waals surface area contributed by atoms with Crippen molar-refractivity contribution < 1.29 is 23.1 Å². The van der Waals surface area contributed by atoms with Crippen LogP contribution in [0, 0.1) is 5.82 Å². The molecule has 1 atom stereocenters. The van der Waals surface area contributed by atoms with E-state index in [2.05, 4.69) is 10.3 Å². The van der Waals surface area contributed by atoms with Gasteiger partial charge < -0.3 is 10.1 Å². The van der Waals surface area contributed by atoms with E-state index in [-0.39, 0.29) is 30.1 Å². The summed E-state index contributed by atoms with van der Waals surface area (Å²) in [7, 11) is 0. The van der Waals surface area contributed by atoms with Crippen molar-refractivity contribution in [2.24, 2.45) is 0 Å². The summed E-state index contributed by atoms with van der Waals surface area (Å²) in [5.41, 5.74) is 1.29. The number of hydrogen-bond donors (Lipinski definition) is 1. The van der Waals surface area contributed by atoms with Crippen molar-refractivity contribution in [1.29, 1.82) is 0 Å². The summed E-state index contributed by atoms with van der Waals surface area (Å²) in [6, 6.07) is 7.33. The molecule has 1 aliphatic rings. The lowest BCUT2D eigenvalue weighted by molar-refractivity contribution is -0.123. The molecule has 2 amide bonds. The van der Waals surface area contributed by atoms with Crippen molar-refractivity contribution in [3.8, 4) is 11.1 Å². The van der Waals surface area contributed by atoms with Gasteiger partial charge >= 0.3 is 6.09 Å². The molecule has 0 saturated carbocycles. The second-order valence-corrected chi connectivity index (χ2v) is 5.74. The molecule has 0 bridgehead atoms. The highest BCUT2D eigenvalue weighted by molar-refractivity contribution is 5.90. The van der Waals surface area contributed by atoms with Crippen molar-refractivity contribution in [3.63, 3.8) is 0 Å². The Morgan fingerprint density at radius 2 is 2.19 bits per heavy atom. The van der Waals surface area contributed by atoms with E-state index in [9.17, 15) is 18.4 Å². The molecule has 1 N–H and O–H groups in total. The highest BCUT2D eigenvalue weighted by Crippen LogP contribution is 2.29. The van der Waals surface area contributed by atoms with E-state index in [1.54, 1.807) is 19.1 Å². The summed E-state index contributed by atoms with van der Waals surface area (Å²) < 4.78 is 32.4. The number of amides is 2. The molecule has 0 spiro atoms. The minimum atomic E-state index is -0.773. The number of ether oxygens (including phenoxy) is 1. The minimum absolute atomic E-state index is 0.0879. The lowest BCUT2D eigenvalue weighted by atomic mass is 10.0. The number of anilines is 1. The Hall–Kier alpha value is -3.03. The average Bonchev–Trinajstić information content (AvgIpc) is 3.01. The fraction of sp³-hybridized carbons (Fsp3) is 0.278. The molecule has 1 aliphatic heterocycles. The van der Waals surface area contributed by atoms with E-state index in [4.69, 9.17) is 4.74 Å². The van der Waals surface area contributed by atoms with E-state index in [1.165, 1.54) is 29.3 Å².